The molecule has 1 unspecified atom stereocenters. The van der Waals surface area contributed by atoms with Crippen LogP contribution in [0.25, 0.3) is 55.6 Å². The maximum Gasteiger partial charge on any atom is 0.0727 e. The van der Waals surface area contributed by atoms with Crippen molar-refractivity contribution in [3.63, 3.8) is 0 Å². The average Bonchev–Trinajstić information content (AvgIpc) is 4.09. The van der Waals surface area contributed by atoms with E-state index in [2.05, 4.69) is 219 Å². The van der Waals surface area contributed by atoms with Crippen LogP contribution < -0.4 is 9.80 Å². The van der Waals surface area contributed by atoms with Gasteiger partial charge in [0.1, 0.15) is 0 Å². The summed E-state index contributed by atoms with van der Waals surface area (Å²) in [4.78, 5) is 4.32. The quantitative estimate of drug-likeness (QED) is 0.150. The van der Waals surface area contributed by atoms with Gasteiger partial charge in [-0.15, -0.1) is 0 Å². The summed E-state index contributed by atoms with van der Waals surface area (Å²) in [5.74, 6) is 0. The Labute approximate surface area is 429 Å². The maximum absolute atomic E-state index is 9.30. The van der Waals surface area contributed by atoms with Crippen molar-refractivity contribution in [2.75, 3.05) is 9.80 Å². The third-order valence-electron chi connectivity index (χ3n) is 15.6. The molecule has 0 saturated carbocycles. The fourth-order valence-electron chi connectivity index (χ4n) is 12.5. The molecule has 3 aliphatic carbocycles. The van der Waals surface area contributed by atoms with Gasteiger partial charge in [0.2, 0.25) is 0 Å². The maximum atomic E-state index is 9.30. The van der Waals surface area contributed by atoms with Crippen LogP contribution in [0, 0.1) is 0 Å². The summed E-state index contributed by atoms with van der Waals surface area (Å²) < 4.78 is 44.8. The van der Waals surface area contributed by atoms with Gasteiger partial charge in [0.15, 0.2) is 0 Å². The number of para-hydroxylation sites is 3. The van der Waals surface area contributed by atoms with Crippen molar-refractivity contribution in [1.82, 2.24) is 0 Å². The van der Waals surface area contributed by atoms with Gasteiger partial charge in [-0.3, -0.25) is 0 Å². The Balaban J connectivity index is 1.07. The van der Waals surface area contributed by atoms with Crippen molar-refractivity contribution in [2.45, 2.75) is 24.7 Å². The van der Waals surface area contributed by atoms with E-state index in [9.17, 15) is 2.74 Å². The largest absolute Gasteiger partial charge is 0.310 e. The molecule has 11 aromatic rings. The van der Waals surface area contributed by atoms with Crippen molar-refractivity contribution >= 4 is 34.1 Å². The molecular weight excluding hydrogens is 869 g/mol. The van der Waals surface area contributed by atoms with E-state index >= 15 is 0 Å². The zero-order valence-electron chi connectivity index (χ0n) is 44.9. The number of anilines is 6. The predicted octanol–water partition coefficient (Wildman–Crippen LogP) is 18.6. The van der Waals surface area contributed by atoms with Crippen LogP contribution >= 0.6 is 0 Å². The van der Waals surface area contributed by atoms with Gasteiger partial charge in [-0.2, -0.15) is 0 Å². The van der Waals surface area contributed by atoms with E-state index in [0.717, 1.165) is 83.8 Å². The Morgan fingerprint density at radius 3 is 1.21 bits per heavy atom. The van der Waals surface area contributed by atoms with Crippen molar-refractivity contribution in [3.8, 4) is 55.6 Å². The third-order valence-corrected chi connectivity index (χ3v) is 15.6. The van der Waals surface area contributed by atoms with Crippen LogP contribution in [-0.4, -0.2) is 0 Å². The minimum absolute atomic E-state index is 0.0868. The lowest BCUT2D eigenvalue weighted by atomic mass is 9.70. The molecule has 11 aromatic carbocycles. The molecule has 72 heavy (non-hydrogen) atoms. The number of nitrogens with zero attached hydrogens (tertiary/aromatic N) is 2. The van der Waals surface area contributed by atoms with Crippen LogP contribution in [0.5, 0.6) is 0 Å². The number of rotatable bonds is 8. The van der Waals surface area contributed by atoms with Crippen LogP contribution in [0.3, 0.4) is 0 Å². The third kappa shape index (κ3) is 6.15. The topological polar surface area (TPSA) is 6.48 Å². The minimum Gasteiger partial charge on any atom is -0.310 e. The molecule has 0 amide bonds. The summed E-state index contributed by atoms with van der Waals surface area (Å²) in [6.07, 6.45) is 0. The van der Waals surface area contributed by atoms with E-state index in [1.807, 2.05) is 41.3 Å². The Kier molecular flexibility index (Phi) is 8.36. The highest BCUT2D eigenvalue weighted by molar-refractivity contribution is 6.01. The number of benzene rings is 11. The lowest BCUT2D eigenvalue weighted by Crippen LogP contribution is -2.26. The van der Waals surface area contributed by atoms with Gasteiger partial charge in [-0.25, -0.2) is 0 Å². The zero-order valence-corrected chi connectivity index (χ0v) is 39.9. The summed E-state index contributed by atoms with van der Waals surface area (Å²) in [5.41, 5.74) is 21.9. The lowest BCUT2D eigenvalue weighted by molar-refractivity contribution is 0.660. The van der Waals surface area contributed by atoms with Crippen LogP contribution in [-0.2, 0) is 10.8 Å². The van der Waals surface area contributed by atoms with E-state index in [4.69, 9.17) is 4.11 Å². The molecule has 0 aromatic heterocycles. The van der Waals surface area contributed by atoms with Crippen LogP contribution in [0.15, 0.2) is 267 Å². The van der Waals surface area contributed by atoms with Gasteiger partial charge >= 0.3 is 0 Å². The molecule has 0 aliphatic heterocycles. The molecule has 3 aliphatic rings. The van der Waals surface area contributed by atoms with E-state index in [-0.39, 0.29) is 35.3 Å². The first kappa shape index (κ1) is 36.9. The molecule has 2 heteroatoms. The van der Waals surface area contributed by atoms with Crippen LogP contribution in [0.1, 0.15) is 54.1 Å². The predicted molar refractivity (Wildman–Crippen MR) is 301 cm³/mol. The lowest BCUT2D eigenvalue weighted by Gasteiger charge is -2.34. The molecule has 1 atom stereocenters. The normalized spacial score (nSPS) is 15.9. The van der Waals surface area contributed by atoms with Crippen molar-refractivity contribution in [3.05, 3.63) is 300 Å². The molecule has 0 bridgehead atoms. The van der Waals surface area contributed by atoms with E-state index in [1.54, 1.807) is 0 Å². The summed E-state index contributed by atoms with van der Waals surface area (Å²) in [6, 6.07) is 82.8. The highest BCUT2D eigenvalue weighted by Gasteiger charge is 2.52. The summed E-state index contributed by atoms with van der Waals surface area (Å²) in [7, 11) is 0. The summed E-state index contributed by atoms with van der Waals surface area (Å²) in [5, 5.41) is 0. The smallest absolute Gasteiger partial charge is 0.0727 e. The monoisotopic (exact) mass is 923 g/mol. The highest BCUT2D eigenvalue weighted by atomic mass is 15.2. The highest BCUT2D eigenvalue weighted by Crippen LogP contribution is 2.64. The molecule has 1 spiro atoms. The zero-order chi connectivity index (χ0) is 52.3. The molecule has 0 radical (unpaired) electrons. The second kappa shape index (κ2) is 16.3. The van der Waals surface area contributed by atoms with E-state index in [1.165, 1.54) is 22.3 Å². The Hall–Kier alpha value is -8.98. The first-order chi connectivity index (χ1) is 37.6. The van der Waals surface area contributed by atoms with Crippen molar-refractivity contribution in [1.29, 1.82) is 0 Å². The van der Waals surface area contributed by atoms with E-state index < -0.39 is 11.5 Å². The summed E-state index contributed by atoms with van der Waals surface area (Å²) in [6.45, 7) is 4.69. The molecule has 0 fully saturated rings. The number of hydrogen-bond donors (Lipinski definition) is 0. The van der Waals surface area contributed by atoms with E-state index in [0.29, 0.717) is 11.4 Å². The second-order valence-electron chi connectivity index (χ2n) is 19.6. The first-order valence-corrected chi connectivity index (χ1v) is 24.8. The fraction of sp³-hybridized carbons (Fsp3) is 0.0571. The van der Waals surface area contributed by atoms with Gasteiger partial charge < -0.3 is 9.80 Å². The van der Waals surface area contributed by atoms with Crippen LogP contribution in [0.4, 0.5) is 34.1 Å². The molecule has 0 N–H and O–H groups in total. The molecule has 2 nitrogen and oxygen atoms in total. The Morgan fingerprint density at radius 2 is 0.681 bits per heavy atom. The second-order valence-corrected chi connectivity index (χ2v) is 19.6. The van der Waals surface area contributed by atoms with Gasteiger partial charge in [-0.05, 0) is 139 Å². The average molecular weight is 924 g/mol. The molecule has 14 rings (SSSR count). The van der Waals surface area contributed by atoms with Gasteiger partial charge in [0.05, 0.1) is 18.0 Å². The van der Waals surface area contributed by atoms with Crippen molar-refractivity contribution < 1.29 is 6.85 Å². The molecular formula is C70H50N2. The fourth-order valence-corrected chi connectivity index (χ4v) is 12.5. The van der Waals surface area contributed by atoms with Gasteiger partial charge in [0.25, 0.3) is 0 Å². The minimum atomic E-state index is -0.833. The SMILES string of the molecule is [2H]c1c([2H])c([2H])c(N(c2ccccc2)c2ccc3c(c2)C2(c4ccccc4-c4ccc(N(c5ccc6c(c5)C(C)(C)c5ccccc5-6)c5c(-c6ccccc6)cccc5-c5ccccc5)cc42)c2ccccc2-3)c([2H])c1[2H]. The number of fused-ring (bicyclic) bond motifs is 13. The van der Waals surface area contributed by atoms with Crippen molar-refractivity contribution in [2.24, 2.45) is 0 Å². The molecule has 0 heterocycles. The number of hydrogen-bond acceptors (Lipinski definition) is 2. The first-order valence-electron chi connectivity index (χ1n) is 27.3. The van der Waals surface area contributed by atoms with Gasteiger partial charge in [0, 0.05) is 45.0 Å². The summed E-state index contributed by atoms with van der Waals surface area (Å²) >= 11 is 0. The molecule has 0 saturated heterocycles. The Morgan fingerprint density at radius 1 is 0.292 bits per heavy atom. The standard InChI is InChI=1S/C70H50N2/c1-69(2)62-35-18-15-30-56(62)59-41-39-52(44-65(59)69)72(68-54(47-22-7-3-8-23-47)33-21-34-55(68)48-24-9-4-10-25-48)53-40-43-61-58-32-17-20-37-64(58)70(67(61)46-53)63-36-19-16-31-57(63)60-42-38-51(45-66(60)70)71(49-26-11-5-12-27-49)50-28-13-6-14-29-50/h3-46H,1-2H3/i5D,11D,12D,26D,27D. The van der Waals surface area contributed by atoms with Gasteiger partial charge in [-0.1, -0.05) is 220 Å². The van der Waals surface area contributed by atoms with Crippen LogP contribution in [0.2, 0.25) is 0 Å². The molecule has 340 valence electrons. The Bertz CT molecular complexity index is 4110.